The summed E-state index contributed by atoms with van der Waals surface area (Å²) in [5, 5.41) is 2.98. The molecule has 0 saturated carbocycles. The molecule has 0 aliphatic carbocycles. The molecule has 1 aromatic rings. The molecule has 1 aromatic carbocycles. The molecule has 0 aromatic heterocycles. The predicted octanol–water partition coefficient (Wildman–Crippen LogP) is 3.13. The van der Waals surface area contributed by atoms with Gasteiger partial charge in [-0.25, -0.2) is 4.79 Å². The van der Waals surface area contributed by atoms with Crippen molar-refractivity contribution in [3.05, 3.63) is 29.8 Å². The molecule has 0 heterocycles. The second-order valence-electron chi connectivity index (χ2n) is 7.00. The Balaban J connectivity index is 2.89. The summed E-state index contributed by atoms with van der Waals surface area (Å²) in [5.41, 5.74) is 0.593. The van der Waals surface area contributed by atoms with E-state index < -0.39 is 10.1 Å². The highest BCUT2D eigenvalue weighted by Crippen LogP contribution is 2.17. The zero-order chi connectivity index (χ0) is 18.5. The summed E-state index contributed by atoms with van der Waals surface area (Å²) in [6.07, 6.45) is 1.84. The molecular formula is C17H28N2O4S. The number of carbonyl (C=O) groups is 1. The molecule has 24 heavy (non-hydrogen) atoms. The first kappa shape index (κ1) is 20.3. The Morgan fingerprint density at radius 1 is 1.25 bits per heavy atom. The third kappa shape index (κ3) is 7.21. The second kappa shape index (κ2) is 7.88. The molecule has 1 atom stereocenters. The molecule has 6 nitrogen and oxygen atoms in total. The third-order valence-corrected chi connectivity index (χ3v) is 3.88. The molecule has 1 N–H and O–H groups in total. The number of hydrogen-bond acceptors (Lipinski definition) is 4. The zero-order valence-electron chi connectivity index (χ0n) is 15.3. The van der Waals surface area contributed by atoms with Crippen molar-refractivity contribution in [1.29, 1.82) is 0 Å². The average molecular weight is 356 g/mol. The summed E-state index contributed by atoms with van der Waals surface area (Å²) in [6, 6.07) is 6.67. The summed E-state index contributed by atoms with van der Waals surface area (Å²) in [4.78, 5) is 14.3. The number of carbonyl (C=O) groups excluding carboxylic acids is 1. The lowest BCUT2D eigenvalue weighted by molar-refractivity contribution is 0.165. The largest absolute Gasteiger partial charge is 0.383 e. The van der Waals surface area contributed by atoms with Gasteiger partial charge < -0.3 is 14.4 Å². The van der Waals surface area contributed by atoms with Crippen molar-refractivity contribution in [3.63, 3.8) is 0 Å². The molecule has 0 fully saturated rings. The fourth-order valence-corrected chi connectivity index (χ4v) is 2.52. The maximum Gasteiger partial charge on any atom is 0.318 e. The molecule has 1 rings (SSSR count). The van der Waals surface area contributed by atoms with Gasteiger partial charge in [0.2, 0.25) is 0 Å². The van der Waals surface area contributed by atoms with Crippen LogP contribution in [0.1, 0.15) is 46.6 Å². The van der Waals surface area contributed by atoms with Gasteiger partial charge in [0.05, 0.1) is 6.26 Å². The van der Waals surface area contributed by atoms with Crippen LogP contribution in [0.5, 0.6) is 5.75 Å². The first-order valence-electron chi connectivity index (χ1n) is 7.98. The monoisotopic (exact) mass is 356 g/mol. The third-order valence-electron chi connectivity index (χ3n) is 3.39. The number of nitrogens with one attached hydrogen (secondary N) is 1. The maximum atomic E-state index is 12.5. The fraction of sp³-hybridized carbons (Fsp3) is 0.588. The van der Waals surface area contributed by atoms with Crippen molar-refractivity contribution in [2.24, 2.45) is 0 Å². The minimum atomic E-state index is -3.54. The Hall–Kier alpha value is -1.76. The normalized spacial score (nSPS) is 13.2. The van der Waals surface area contributed by atoms with Gasteiger partial charge in [0, 0.05) is 18.1 Å². The van der Waals surface area contributed by atoms with Crippen LogP contribution in [0.15, 0.2) is 24.3 Å². The fourth-order valence-electron chi connectivity index (χ4n) is 2.06. The Morgan fingerprint density at radius 3 is 2.21 bits per heavy atom. The van der Waals surface area contributed by atoms with Gasteiger partial charge in [-0.2, -0.15) is 8.42 Å². The van der Waals surface area contributed by atoms with Crippen molar-refractivity contribution in [3.8, 4) is 5.75 Å². The van der Waals surface area contributed by atoms with Crippen LogP contribution in [-0.4, -0.2) is 37.2 Å². The number of nitrogens with zero attached hydrogens (tertiary/aromatic N) is 1. The van der Waals surface area contributed by atoms with E-state index in [4.69, 9.17) is 4.18 Å². The van der Waals surface area contributed by atoms with Crippen LogP contribution in [0.2, 0.25) is 0 Å². The number of benzene rings is 1. The quantitative estimate of drug-likeness (QED) is 0.795. The Kier molecular flexibility index (Phi) is 6.66. The first-order valence-corrected chi connectivity index (χ1v) is 9.80. The van der Waals surface area contributed by atoms with Crippen molar-refractivity contribution in [2.45, 2.75) is 59.2 Å². The smallest absolute Gasteiger partial charge is 0.318 e. The Bertz CT molecular complexity index is 648. The molecule has 0 unspecified atom stereocenters. The van der Waals surface area contributed by atoms with Crippen molar-refractivity contribution in [1.82, 2.24) is 10.2 Å². The lowest BCUT2D eigenvalue weighted by Crippen LogP contribution is -2.50. The van der Waals surface area contributed by atoms with Crippen LogP contribution in [0, 0.1) is 0 Å². The summed E-state index contributed by atoms with van der Waals surface area (Å²) in [6.45, 7) is 10.3. The summed E-state index contributed by atoms with van der Waals surface area (Å²) in [5.74, 6) is 0.260. The summed E-state index contributed by atoms with van der Waals surface area (Å²) in [7, 11) is -3.54. The van der Waals surface area contributed by atoms with Gasteiger partial charge in [0.1, 0.15) is 5.75 Å². The minimum absolute atomic E-state index is 0.0827. The molecule has 0 spiro atoms. The van der Waals surface area contributed by atoms with Gasteiger partial charge in [-0.15, -0.1) is 0 Å². The van der Waals surface area contributed by atoms with E-state index in [9.17, 15) is 13.2 Å². The van der Waals surface area contributed by atoms with E-state index in [-0.39, 0.29) is 23.4 Å². The van der Waals surface area contributed by atoms with Crippen LogP contribution >= 0.6 is 0 Å². The van der Waals surface area contributed by atoms with E-state index >= 15 is 0 Å². The van der Waals surface area contributed by atoms with Gasteiger partial charge in [0.15, 0.2) is 0 Å². The average Bonchev–Trinajstić information content (AvgIpc) is 2.42. The van der Waals surface area contributed by atoms with E-state index in [1.807, 2.05) is 34.6 Å². The topological polar surface area (TPSA) is 75.7 Å². The Morgan fingerprint density at radius 2 is 1.79 bits per heavy atom. The summed E-state index contributed by atoms with van der Waals surface area (Å²) < 4.78 is 27.1. The van der Waals surface area contributed by atoms with Crippen molar-refractivity contribution < 1.29 is 17.4 Å². The van der Waals surface area contributed by atoms with Crippen molar-refractivity contribution >= 4 is 16.1 Å². The second-order valence-corrected chi connectivity index (χ2v) is 8.57. The van der Waals surface area contributed by atoms with Gasteiger partial charge >= 0.3 is 16.1 Å². The van der Waals surface area contributed by atoms with E-state index in [0.717, 1.165) is 18.2 Å². The van der Waals surface area contributed by atoms with Crippen LogP contribution in [-0.2, 0) is 16.7 Å². The van der Waals surface area contributed by atoms with Gasteiger partial charge in [0.25, 0.3) is 0 Å². The first-order chi connectivity index (χ1) is 10.9. The molecular weight excluding hydrogens is 328 g/mol. The number of urea groups is 1. The van der Waals surface area contributed by atoms with Gasteiger partial charge in [-0.3, -0.25) is 0 Å². The highest BCUT2D eigenvalue weighted by Gasteiger charge is 2.23. The number of hydrogen-bond donors (Lipinski definition) is 1. The van der Waals surface area contributed by atoms with E-state index in [2.05, 4.69) is 5.32 Å². The van der Waals surface area contributed by atoms with Crippen molar-refractivity contribution in [2.75, 3.05) is 6.26 Å². The highest BCUT2D eigenvalue weighted by molar-refractivity contribution is 7.86. The zero-order valence-corrected chi connectivity index (χ0v) is 16.1. The van der Waals surface area contributed by atoms with E-state index in [0.29, 0.717) is 6.54 Å². The predicted molar refractivity (Wildman–Crippen MR) is 95.5 cm³/mol. The molecule has 2 amide bonds. The standard InChI is InChI=1S/C17H28N2O4S/c1-7-13(2)19(16(20)18-17(3,4)5)12-14-8-10-15(11-9-14)23-24(6,21)22/h8-11,13H,7,12H2,1-6H3,(H,18,20)/t13-/m1/s1. The SMILES string of the molecule is CC[C@@H](C)N(Cc1ccc(OS(C)(=O)=O)cc1)C(=O)NC(C)(C)C. The van der Waals surface area contributed by atoms with E-state index in [1.165, 1.54) is 0 Å². The van der Waals surface area contributed by atoms with Gasteiger partial charge in [-0.1, -0.05) is 19.1 Å². The van der Waals surface area contributed by atoms with Crippen LogP contribution in [0.25, 0.3) is 0 Å². The molecule has 0 radical (unpaired) electrons. The molecule has 7 heteroatoms. The molecule has 0 saturated heterocycles. The van der Waals surface area contributed by atoms with Crippen LogP contribution < -0.4 is 9.50 Å². The van der Waals surface area contributed by atoms with Crippen LogP contribution in [0.3, 0.4) is 0 Å². The number of amides is 2. The lowest BCUT2D eigenvalue weighted by Gasteiger charge is -2.32. The highest BCUT2D eigenvalue weighted by atomic mass is 32.2. The van der Waals surface area contributed by atoms with Crippen LogP contribution in [0.4, 0.5) is 4.79 Å². The molecule has 0 bridgehead atoms. The molecule has 0 aliphatic rings. The minimum Gasteiger partial charge on any atom is -0.383 e. The van der Waals surface area contributed by atoms with E-state index in [1.54, 1.807) is 29.2 Å². The number of rotatable bonds is 6. The maximum absolute atomic E-state index is 12.5. The molecule has 136 valence electrons. The Labute approximate surface area is 145 Å². The molecule has 0 aliphatic heterocycles. The summed E-state index contributed by atoms with van der Waals surface area (Å²) >= 11 is 0. The lowest BCUT2D eigenvalue weighted by atomic mass is 10.1. The van der Waals surface area contributed by atoms with Gasteiger partial charge in [-0.05, 0) is 51.8 Å².